The molecule has 0 fully saturated rings. The van der Waals surface area contributed by atoms with E-state index in [4.69, 9.17) is 21.1 Å². The zero-order chi connectivity index (χ0) is 23.9. The van der Waals surface area contributed by atoms with E-state index in [1.54, 1.807) is 24.1 Å². The maximum absolute atomic E-state index is 13.5. The molecule has 34 heavy (non-hydrogen) atoms. The summed E-state index contributed by atoms with van der Waals surface area (Å²) < 4.78 is 10.8. The van der Waals surface area contributed by atoms with Crippen molar-refractivity contribution >= 4 is 23.4 Å². The largest absolute Gasteiger partial charge is 0.454 e. The van der Waals surface area contributed by atoms with Gasteiger partial charge in [0.25, 0.3) is 0 Å². The van der Waals surface area contributed by atoms with Crippen molar-refractivity contribution in [1.29, 1.82) is 0 Å². The summed E-state index contributed by atoms with van der Waals surface area (Å²) >= 11 is 6.05. The molecule has 6 nitrogen and oxygen atoms in total. The number of aryl methyl sites for hydroxylation is 1. The first kappa shape index (κ1) is 23.6. The monoisotopic (exact) mass is 478 g/mol. The number of rotatable bonds is 9. The molecule has 7 heteroatoms. The molecular formula is C27H27ClN2O4. The minimum Gasteiger partial charge on any atom is -0.454 e. The molecule has 1 atom stereocenters. The second kappa shape index (κ2) is 11.1. The molecule has 0 radical (unpaired) electrons. The number of halogens is 1. The van der Waals surface area contributed by atoms with Crippen molar-refractivity contribution in [1.82, 2.24) is 10.2 Å². The molecule has 2 amide bonds. The molecule has 0 aromatic heterocycles. The molecule has 0 spiro atoms. The van der Waals surface area contributed by atoms with Crippen LogP contribution in [0.4, 0.5) is 0 Å². The van der Waals surface area contributed by atoms with Gasteiger partial charge in [-0.05, 0) is 47.4 Å². The van der Waals surface area contributed by atoms with Gasteiger partial charge in [-0.2, -0.15) is 0 Å². The molecule has 0 unspecified atom stereocenters. The Morgan fingerprint density at radius 3 is 2.38 bits per heavy atom. The molecule has 1 heterocycles. The number of likely N-dealkylation sites (N-methyl/N-ethyl adjacent to an activating group) is 1. The third kappa shape index (κ3) is 5.88. The fraction of sp³-hybridized carbons (Fsp3) is 0.259. The minimum atomic E-state index is -0.646. The lowest BCUT2D eigenvalue weighted by Gasteiger charge is -2.31. The zero-order valence-corrected chi connectivity index (χ0v) is 19.8. The summed E-state index contributed by atoms with van der Waals surface area (Å²) in [7, 11) is 1.60. The SMILES string of the molecule is CNC(=O)[C@@H](Cc1ccccc1)N(Cc1ccc(Cl)cc1)C(=O)CCc1ccc2c(c1)OCO2. The second-order valence-electron chi connectivity index (χ2n) is 8.16. The Bertz CT molecular complexity index is 1140. The normalized spacial score (nSPS) is 12.8. The summed E-state index contributed by atoms with van der Waals surface area (Å²) in [5, 5.41) is 3.36. The smallest absolute Gasteiger partial charge is 0.242 e. The number of carbonyl (C=O) groups excluding carboxylic acids is 2. The van der Waals surface area contributed by atoms with Crippen molar-refractivity contribution < 1.29 is 19.1 Å². The molecule has 0 saturated carbocycles. The Hall–Kier alpha value is -3.51. The average molecular weight is 479 g/mol. The number of fused-ring (bicyclic) bond motifs is 1. The van der Waals surface area contributed by atoms with Crippen LogP contribution < -0.4 is 14.8 Å². The number of ether oxygens (including phenoxy) is 2. The first-order chi connectivity index (χ1) is 16.5. The highest BCUT2D eigenvalue weighted by atomic mass is 35.5. The molecule has 3 aromatic carbocycles. The van der Waals surface area contributed by atoms with Gasteiger partial charge in [-0.3, -0.25) is 9.59 Å². The highest BCUT2D eigenvalue weighted by molar-refractivity contribution is 6.30. The zero-order valence-electron chi connectivity index (χ0n) is 19.0. The van der Waals surface area contributed by atoms with Crippen LogP contribution in [0.2, 0.25) is 5.02 Å². The molecule has 4 rings (SSSR count). The summed E-state index contributed by atoms with van der Waals surface area (Å²) in [6, 6.07) is 22.1. The third-order valence-electron chi connectivity index (χ3n) is 5.85. The van der Waals surface area contributed by atoms with Crippen LogP contribution in [0, 0.1) is 0 Å². The van der Waals surface area contributed by atoms with Gasteiger partial charge in [0.05, 0.1) is 0 Å². The first-order valence-electron chi connectivity index (χ1n) is 11.2. The van der Waals surface area contributed by atoms with E-state index in [1.165, 1.54) is 0 Å². The van der Waals surface area contributed by atoms with Crippen molar-refractivity contribution in [2.75, 3.05) is 13.8 Å². The van der Waals surface area contributed by atoms with Crippen LogP contribution in [0.15, 0.2) is 72.8 Å². The second-order valence-corrected chi connectivity index (χ2v) is 8.59. The van der Waals surface area contributed by atoms with E-state index in [0.29, 0.717) is 35.9 Å². The van der Waals surface area contributed by atoms with Gasteiger partial charge in [-0.15, -0.1) is 0 Å². The van der Waals surface area contributed by atoms with Gasteiger partial charge >= 0.3 is 0 Å². The fourth-order valence-electron chi connectivity index (χ4n) is 4.00. The summed E-state index contributed by atoms with van der Waals surface area (Å²) in [6.07, 6.45) is 1.21. The highest BCUT2D eigenvalue weighted by Crippen LogP contribution is 2.33. The topological polar surface area (TPSA) is 67.9 Å². The molecule has 176 valence electrons. The number of hydrogen-bond acceptors (Lipinski definition) is 4. The van der Waals surface area contributed by atoms with Gasteiger partial charge in [-0.25, -0.2) is 0 Å². The fourth-order valence-corrected chi connectivity index (χ4v) is 4.12. The van der Waals surface area contributed by atoms with Gasteiger partial charge in [0, 0.05) is 31.5 Å². The third-order valence-corrected chi connectivity index (χ3v) is 6.10. The Kier molecular flexibility index (Phi) is 7.70. The van der Waals surface area contributed by atoms with Gasteiger partial charge in [0.15, 0.2) is 11.5 Å². The Labute approximate surface area is 204 Å². The number of hydrogen-bond donors (Lipinski definition) is 1. The molecule has 1 N–H and O–H groups in total. The lowest BCUT2D eigenvalue weighted by molar-refractivity contribution is -0.141. The van der Waals surface area contributed by atoms with Gasteiger partial charge < -0.3 is 19.7 Å². The van der Waals surface area contributed by atoms with E-state index < -0.39 is 6.04 Å². The van der Waals surface area contributed by atoms with Crippen molar-refractivity contribution in [2.45, 2.75) is 31.8 Å². The van der Waals surface area contributed by atoms with Crippen LogP contribution in [-0.4, -0.2) is 36.6 Å². The first-order valence-corrected chi connectivity index (χ1v) is 11.6. The van der Waals surface area contributed by atoms with E-state index in [9.17, 15) is 9.59 Å². The van der Waals surface area contributed by atoms with Gasteiger partial charge in [0.1, 0.15) is 6.04 Å². The Morgan fingerprint density at radius 1 is 0.941 bits per heavy atom. The molecule has 0 aliphatic carbocycles. The lowest BCUT2D eigenvalue weighted by atomic mass is 10.0. The number of nitrogens with one attached hydrogen (secondary N) is 1. The summed E-state index contributed by atoms with van der Waals surface area (Å²) in [5.74, 6) is 1.10. The van der Waals surface area contributed by atoms with Crippen LogP contribution in [0.3, 0.4) is 0 Å². The average Bonchev–Trinajstić information content (AvgIpc) is 3.34. The molecule has 1 aliphatic heterocycles. The van der Waals surface area contributed by atoms with Crippen molar-refractivity contribution in [3.8, 4) is 11.5 Å². The summed E-state index contributed by atoms with van der Waals surface area (Å²) in [5.41, 5.74) is 2.87. The van der Waals surface area contributed by atoms with Crippen LogP contribution in [-0.2, 0) is 29.0 Å². The molecule has 0 saturated heterocycles. The maximum atomic E-state index is 13.5. The van der Waals surface area contributed by atoms with Crippen LogP contribution in [0.1, 0.15) is 23.1 Å². The minimum absolute atomic E-state index is 0.0999. The van der Waals surface area contributed by atoms with E-state index in [2.05, 4.69) is 5.32 Å². The number of benzene rings is 3. The van der Waals surface area contributed by atoms with E-state index in [1.807, 2.05) is 60.7 Å². The van der Waals surface area contributed by atoms with E-state index in [0.717, 1.165) is 16.7 Å². The van der Waals surface area contributed by atoms with Crippen molar-refractivity contribution in [2.24, 2.45) is 0 Å². The summed E-state index contributed by atoms with van der Waals surface area (Å²) in [6.45, 7) is 0.516. The van der Waals surface area contributed by atoms with E-state index in [-0.39, 0.29) is 25.0 Å². The predicted octanol–water partition coefficient (Wildman–Crippen LogP) is 4.39. The number of carbonyl (C=O) groups is 2. The molecular weight excluding hydrogens is 452 g/mol. The van der Waals surface area contributed by atoms with E-state index >= 15 is 0 Å². The maximum Gasteiger partial charge on any atom is 0.242 e. The quantitative estimate of drug-likeness (QED) is 0.495. The van der Waals surface area contributed by atoms with Crippen LogP contribution in [0.25, 0.3) is 0 Å². The van der Waals surface area contributed by atoms with Crippen LogP contribution in [0.5, 0.6) is 11.5 Å². The van der Waals surface area contributed by atoms with Crippen molar-refractivity contribution in [3.63, 3.8) is 0 Å². The molecule has 0 bridgehead atoms. The summed E-state index contributed by atoms with van der Waals surface area (Å²) in [4.78, 5) is 28.2. The molecule has 1 aliphatic rings. The standard InChI is InChI=1S/C27H27ClN2O4/c1-29-27(32)23(15-19-5-3-2-4-6-19)30(17-21-7-11-22(28)12-8-21)26(31)14-10-20-9-13-24-25(16-20)34-18-33-24/h2-9,11-13,16,23H,10,14-15,17-18H2,1H3,(H,29,32)/t23-/m1/s1. The van der Waals surface area contributed by atoms with Crippen molar-refractivity contribution in [3.05, 3.63) is 94.5 Å². The Morgan fingerprint density at radius 2 is 1.65 bits per heavy atom. The van der Waals surface area contributed by atoms with Crippen LogP contribution >= 0.6 is 11.6 Å². The molecule has 3 aromatic rings. The number of nitrogens with zero attached hydrogens (tertiary/aromatic N) is 1. The number of amides is 2. The predicted molar refractivity (Wildman–Crippen MR) is 131 cm³/mol. The van der Waals surface area contributed by atoms with Gasteiger partial charge in [-0.1, -0.05) is 60.1 Å². The van der Waals surface area contributed by atoms with Gasteiger partial charge in [0.2, 0.25) is 18.6 Å². The lowest BCUT2D eigenvalue weighted by Crippen LogP contribution is -2.49. The highest BCUT2D eigenvalue weighted by Gasteiger charge is 2.29. The Balaban J connectivity index is 1.56.